The van der Waals surface area contributed by atoms with Gasteiger partial charge in [0.1, 0.15) is 10.3 Å². The van der Waals surface area contributed by atoms with Gasteiger partial charge in [0.15, 0.2) is 5.82 Å². The van der Waals surface area contributed by atoms with Crippen LogP contribution in [0.15, 0.2) is 24.3 Å². The van der Waals surface area contributed by atoms with E-state index in [9.17, 15) is 0 Å². The maximum Gasteiger partial charge on any atom is 0.162 e. The van der Waals surface area contributed by atoms with Crippen molar-refractivity contribution >= 4 is 45.8 Å². The lowest BCUT2D eigenvalue weighted by atomic mass is 10.1. The van der Waals surface area contributed by atoms with Gasteiger partial charge in [0.25, 0.3) is 0 Å². The Balaban J connectivity index is 2.57. The Bertz CT molecular complexity index is 520. The lowest BCUT2D eigenvalue weighted by Crippen LogP contribution is -1.93. The molecule has 0 atom stereocenters. The van der Waals surface area contributed by atoms with Crippen LogP contribution in [0.25, 0.3) is 11.4 Å². The Morgan fingerprint density at radius 2 is 1.75 bits per heavy atom. The molecular weight excluding hydrogens is 358 g/mol. The molecule has 0 radical (unpaired) electrons. The third-order valence-corrected chi connectivity index (χ3v) is 4.25. The normalized spacial score (nSPS) is 10.5. The lowest BCUT2D eigenvalue weighted by molar-refractivity contribution is 1.16. The quantitative estimate of drug-likeness (QED) is 0.554. The fourth-order valence-corrected chi connectivity index (χ4v) is 1.94. The molecule has 0 fully saturated rings. The maximum absolute atomic E-state index is 5.97. The molecule has 0 aliphatic carbocycles. The molecule has 1 heterocycles. The van der Waals surface area contributed by atoms with Gasteiger partial charge in [-0.25, -0.2) is 9.97 Å². The van der Waals surface area contributed by atoms with Crippen LogP contribution in [0.3, 0.4) is 0 Å². The highest BCUT2D eigenvalue weighted by Crippen LogP contribution is 2.26. The van der Waals surface area contributed by atoms with Gasteiger partial charge in [0, 0.05) is 5.56 Å². The number of benzene rings is 1. The number of aromatic nitrogens is 2. The number of nitrogens with zero attached hydrogens (tertiary/aromatic N) is 2. The first-order valence-electron chi connectivity index (χ1n) is 4.53. The molecule has 0 spiro atoms. The molecule has 2 nitrogen and oxygen atoms in total. The van der Waals surface area contributed by atoms with Gasteiger partial charge in [-0.1, -0.05) is 47.0 Å². The van der Waals surface area contributed by atoms with Crippen molar-refractivity contribution in [3.63, 3.8) is 0 Å². The fraction of sp³-hybridized carbons (Fsp3) is 0.0909. The van der Waals surface area contributed by atoms with E-state index in [4.69, 9.17) is 23.2 Å². The summed E-state index contributed by atoms with van der Waals surface area (Å²) in [7, 11) is 0. The third kappa shape index (κ3) is 2.47. The van der Waals surface area contributed by atoms with Crippen molar-refractivity contribution in [2.45, 2.75) is 6.92 Å². The van der Waals surface area contributed by atoms with Crippen LogP contribution in [-0.2, 0) is 0 Å². The number of hydrogen-bond donors (Lipinski definition) is 0. The summed E-state index contributed by atoms with van der Waals surface area (Å²) in [6, 6.07) is 7.89. The summed E-state index contributed by atoms with van der Waals surface area (Å²) >= 11 is 14.0. The zero-order chi connectivity index (χ0) is 11.7. The molecule has 2 aromatic rings. The van der Waals surface area contributed by atoms with E-state index in [-0.39, 0.29) is 0 Å². The van der Waals surface area contributed by atoms with Crippen LogP contribution in [0.4, 0.5) is 0 Å². The molecule has 0 saturated carbocycles. The van der Waals surface area contributed by atoms with Crippen LogP contribution in [0, 0.1) is 10.5 Å². The zero-order valence-corrected chi connectivity index (χ0v) is 12.0. The number of halogens is 3. The molecule has 0 amide bonds. The molecule has 0 N–H and O–H groups in total. The minimum atomic E-state index is 0.386. The summed E-state index contributed by atoms with van der Waals surface area (Å²) in [5.41, 5.74) is 2.06. The molecule has 2 rings (SSSR count). The van der Waals surface area contributed by atoms with Gasteiger partial charge < -0.3 is 0 Å². The number of hydrogen-bond acceptors (Lipinski definition) is 2. The van der Waals surface area contributed by atoms with Crippen LogP contribution in [0.1, 0.15) is 5.56 Å². The van der Waals surface area contributed by atoms with Crippen molar-refractivity contribution in [1.29, 1.82) is 0 Å². The Morgan fingerprint density at radius 1 is 1.12 bits per heavy atom. The van der Waals surface area contributed by atoms with E-state index in [1.165, 1.54) is 0 Å². The monoisotopic (exact) mass is 364 g/mol. The minimum Gasteiger partial charge on any atom is -0.215 e. The van der Waals surface area contributed by atoms with Crippen LogP contribution in [-0.4, -0.2) is 9.97 Å². The van der Waals surface area contributed by atoms with Gasteiger partial charge in [0.2, 0.25) is 0 Å². The molecule has 0 unspecified atom stereocenters. The Kier molecular flexibility index (Phi) is 3.66. The topological polar surface area (TPSA) is 25.8 Å². The first-order chi connectivity index (χ1) is 7.58. The molecule has 16 heavy (non-hydrogen) atoms. The van der Waals surface area contributed by atoms with E-state index in [2.05, 4.69) is 9.97 Å². The highest BCUT2D eigenvalue weighted by molar-refractivity contribution is 14.1. The summed E-state index contributed by atoms with van der Waals surface area (Å²) in [5.74, 6) is 0.555. The first kappa shape index (κ1) is 12.1. The first-order valence-corrected chi connectivity index (χ1v) is 6.37. The highest BCUT2D eigenvalue weighted by Gasteiger charge is 2.10. The molecule has 1 aromatic carbocycles. The largest absolute Gasteiger partial charge is 0.215 e. The van der Waals surface area contributed by atoms with E-state index in [1.54, 1.807) is 0 Å². The molecular formula is C11H7Cl2IN2. The second-order valence-electron chi connectivity index (χ2n) is 3.31. The smallest absolute Gasteiger partial charge is 0.162 e. The van der Waals surface area contributed by atoms with Crippen molar-refractivity contribution < 1.29 is 0 Å². The van der Waals surface area contributed by atoms with E-state index < -0.39 is 0 Å². The van der Waals surface area contributed by atoms with Gasteiger partial charge in [0.05, 0.1) is 3.57 Å². The predicted octanol–water partition coefficient (Wildman–Crippen LogP) is 4.36. The van der Waals surface area contributed by atoms with Crippen molar-refractivity contribution in [3.05, 3.63) is 43.7 Å². The van der Waals surface area contributed by atoms with Gasteiger partial charge in [-0.05, 0) is 35.6 Å². The van der Waals surface area contributed by atoms with Crippen molar-refractivity contribution in [3.8, 4) is 11.4 Å². The van der Waals surface area contributed by atoms with Crippen LogP contribution >= 0.6 is 45.8 Å². The fourth-order valence-electron chi connectivity index (χ4n) is 1.31. The number of rotatable bonds is 1. The van der Waals surface area contributed by atoms with Gasteiger partial charge in [-0.15, -0.1) is 0 Å². The van der Waals surface area contributed by atoms with Crippen molar-refractivity contribution in [2.24, 2.45) is 0 Å². The van der Waals surface area contributed by atoms with E-state index in [0.717, 1.165) is 11.1 Å². The molecule has 0 aliphatic heterocycles. The Hall–Kier alpha value is -0.390. The third-order valence-electron chi connectivity index (χ3n) is 2.05. The standard InChI is InChI=1S/C11H7Cl2IN2/c1-6-3-2-4-7(5-6)11-15-9(12)8(14)10(13)16-11/h2-5H,1H3. The highest BCUT2D eigenvalue weighted by atomic mass is 127. The van der Waals surface area contributed by atoms with Crippen molar-refractivity contribution in [1.82, 2.24) is 9.97 Å². The average Bonchev–Trinajstić information content (AvgIpc) is 2.25. The predicted molar refractivity (Wildman–Crippen MR) is 74.9 cm³/mol. The average molecular weight is 365 g/mol. The second-order valence-corrected chi connectivity index (χ2v) is 5.11. The van der Waals surface area contributed by atoms with E-state index >= 15 is 0 Å². The van der Waals surface area contributed by atoms with Crippen LogP contribution < -0.4 is 0 Å². The summed E-state index contributed by atoms with van der Waals surface area (Å²) < 4.78 is 0.678. The van der Waals surface area contributed by atoms with Gasteiger partial charge in [-0.3, -0.25) is 0 Å². The SMILES string of the molecule is Cc1cccc(-c2nc(Cl)c(I)c(Cl)n2)c1. The molecule has 0 aliphatic rings. The lowest BCUT2D eigenvalue weighted by Gasteiger charge is -2.04. The molecule has 5 heteroatoms. The minimum absolute atomic E-state index is 0.386. The van der Waals surface area contributed by atoms with Crippen LogP contribution in [0.2, 0.25) is 10.3 Å². The second kappa shape index (κ2) is 4.85. The Labute approximate surface area is 117 Å². The maximum atomic E-state index is 5.97. The van der Waals surface area contributed by atoms with E-state index in [1.807, 2.05) is 53.8 Å². The molecule has 82 valence electrons. The summed E-state index contributed by atoms with van der Waals surface area (Å²) in [4.78, 5) is 8.41. The van der Waals surface area contributed by atoms with Gasteiger partial charge >= 0.3 is 0 Å². The van der Waals surface area contributed by atoms with Gasteiger partial charge in [-0.2, -0.15) is 0 Å². The zero-order valence-electron chi connectivity index (χ0n) is 8.34. The van der Waals surface area contributed by atoms with Crippen LogP contribution in [0.5, 0.6) is 0 Å². The summed E-state index contributed by atoms with van der Waals surface area (Å²) in [5, 5.41) is 0.772. The Morgan fingerprint density at radius 3 is 2.31 bits per heavy atom. The summed E-state index contributed by atoms with van der Waals surface area (Å²) in [6.07, 6.45) is 0. The molecule has 0 saturated heterocycles. The molecule has 1 aromatic heterocycles. The summed E-state index contributed by atoms with van der Waals surface area (Å²) in [6.45, 7) is 2.01. The van der Waals surface area contributed by atoms with Crippen molar-refractivity contribution in [2.75, 3.05) is 0 Å². The molecule has 0 bridgehead atoms. The van der Waals surface area contributed by atoms with E-state index in [0.29, 0.717) is 19.7 Å². The number of aryl methyl sites for hydroxylation is 1.